The fourth-order valence-electron chi connectivity index (χ4n) is 1.55. The highest BCUT2D eigenvalue weighted by molar-refractivity contribution is 7.78. The standard InChI is InChI=1S/C12H18BNO2S/c1-2-16-12(15)9-13-11-5-3-10(4-6-11)7-8-14-17/h3-6,13-14,17H,2,7-9H2,1H3. The van der Waals surface area contributed by atoms with Crippen LogP contribution in [0.25, 0.3) is 0 Å². The predicted molar refractivity (Wildman–Crippen MR) is 75.4 cm³/mol. The van der Waals surface area contributed by atoms with Gasteiger partial charge in [0.05, 0.1) is 6.61 Å². The molecule has 0 aliphatic rings. The van der Waals surface area contributed by atoms with E-state index >= 15 is 0 Å². The zero-order valence-electron chi connectivity index (χ0n) is 10.1. The summed E-state index contributed by atoms with van der Waals surface area (Å²) in [6.45, 7) is 3.13. The molecule has 0 spiro atoms. The number of rotatable bonds is 7. The van der Waals surface area contributed by atoms with Gasteiger partial charge in [0.15, 0.2) is 7.28 Å². The van der Waals surface area contributed by atoms with Crippen molar-refractivity contribution in [1.82, 2.24) is 4.72 Å². The second kappa shape index (κ2) is 8.20. The first kappa shape index (κ1) is 14.1. The summed E-state index contributed by atoms with van der Waals surface area (Å²) in [4.78, 5) is 11.2. The average Bonchev–Trinajstić information content (AvgIpc) is 2.35. The van der Waals surface area contributed by atoms with Crippen molar-refractivity contribution in [2.75, 3.05) is 13.2 Å². The molecule has 3 nitrogen and oxygen atoms in total. The van der Waals surface area contributed by atoms with Crippen LogP contribution in [0.3, 0.4) is 0 Å². The lowest BCUT2D eigenvalue weighted by Gasteiger charge is -2.03. The van der Waals surface area contributed by atoms with Crippen LogP contribution in [0, 0.1) is 0 Å². The zero-order chi connectivity index (χ0) is 12.5. The maximum atomic E-state index is 11.2. The number of hydrogen-bond donors (Lipinski definition) is 2. The number of hydrogen-bond acceptors (Lipinski definition) is 4. The molecule has 0 heterocycles. The van der Waals surface area contributed by atoms with Crippen LogP contribution >= 0.6 is 12.8 Å². The first-order valence-electron chi connectivity index (χ1n) is 5.86. The molecule has 0 aliphatic carbocycles. The molecule has 1 rings (SSSR count). The Morgan fingerprint density at radius 2 is 2.12 bits per heavy atom. The van der Waals surface area contributed by atoms with E-state index in [4.69, 9.17) is 4.74 Å². The van der Waals surface area contributed by atoms with Gasteiger partial charge in [-0.25, -0.2) is 0 Å². The van der Waals surface area contributed by atoms with E-state index in [0.717, 1.165) is 20.2 Å². The smallest absolute Gasteiger partial charge is 0.298 e. The Morgan fingerprint density at radius 1 is 1.41 bits per heavy atom. The van der Waals surface area contributed by atoms with Crippen LogP contribution < -0.4 is 10.2 Å². The Morgan fingerprint density at radius 3 is 2.71 bits per heavy atom. The Bertz CT molecular complexity index is 343. The number of carbonyl (C=O) groups excluding carboxylic acids is 1. The third-order valence-corrected chi connectivity index (χ3v) is 2.70. The predicted octanol–water partition coefficient (Wildman–Crippen LogP) is 0.707. The van der Waals surface area contributed by atoms with Crippen LogP contribution in [0.1, 0.15) is 12.5 Å². The summed E-state index contributed by atoms with van der Waals surface area (Å²) in [6, 6.07) is 8.30. The molecule has 0 aliphatic heterocycles. The van der Waals surface area contributed by atoms with E-state index in [2.05, 4.69) is 41.8 Å². The molecule has 0 fully saturated rings. The van der Waals surface area contributed by atoms with Crippen molar-refractivity contribution in [3.63, 3.8) is 0 Å². The number of carbonyl (C=O) groups is 1. The molecule has 0 amide bonds. The molecule has 0 atom stereocenters. The van der Waals surface area contributed by atoms with Gasteiger partial charge in [-0.1, -0.05) is 42.5 Å². The third-order valence-electron chi connectivity index (χ3n) is 2.47. The van der Waals surface area contributed by atoms with Crippen LogP contribution in [-0.4, -0.2) is 26.4 Å². The van der Waals surface area contributed by atoms with Crippen molar-refractivity contribution in [2.45, 2.75) is 19.7 Å². The highest BCUT2D eigenvalue weighted by atomic mass is 32.1. The maximum Gasteiger partial charge on any atom is 0.298 e. The first-order chi connectivity index (χ1) is 8.26. The topological polar surface area (TPSA) is 38.3 Å². The largest absolute Gasteiger partial charge is 0.466 e. The van der Waals surface area contributed by atoms with Crippen molar-refractivity contribution in [2.24, 2.45) is 0 Å². The minimum Gasteiger partial charge on any atom is -0.466 e. The maximum absolute atomic E-state index is 11.2. The summed E-state index contributed by atoms with van der Waals surface area (Å²) in [5, 5.41) is 0. The van der Waals surface area contributed by atoms with Gasteiger partial charge in [-0.05, 0) is 18.9 Å². The molecule has 1 N–H and O–H groups in total. The van der Waals surface area contributed by atoms with E-state index in [-0.39, 0.29) is 5.97 Å². The lowest BCUT2D eigenvalue weighted by molar-refractivity contribution is -0.140. The van der Waals surface area contributed by atoms with Crippen molar-refractivity contribution in [1.29, 1.82) is 0 Å². The summed E-state index contributed by atoms with van der Waals surface area (Å²) in [6.07, 6.45) is 1.41. The molecular weight excluding hydrogens is 233 g/mol. The van der Waals surface area contributed by atoms with Gasteiger partial charge >= 0.3 is 0 Å². The van der Waals surface area contributed by atoms with E-state index in [9.17, 15) is 4.79 Å². The highest BCUT2D eigenvalue weighted by Crippen LogP contribution is 1.98. The van der Waals surface area contributed by atoms with Crippen LogP contribution in [0.4, 0.5) is 0 Å². The fraction of sp³-hybridized carbons (Fsp3) is 0.417. The van der Waals surface area contributed by atoms with Crippen molar-refractivity contribution in [3.05, 3.63) is 29.8 Å². The lowest BCUT2D eigenvalue weighted by atomic mass is 9.67. The fourth-order valence-corrected chi connectivity index (χ4v) is 1.66. The Labute approximate surface area is 109 Å². The monoisotopic (exact) mass is 251 g/mol. The van der Waals surface area contributed by atoms with Gasteiger partial charge in [0, 0.05) is 12.9 Å². The van der Waals surface area contributed by atoms with E-state index in [1.807, 2.05) is 6.92 Å². The van der Waals surface area contributed by atoms with Gasteiger partial charge in [-0.3, -0.25) is 9.52 Å². The number of esters is 1. The molecule has 0 saturated heterocycles. The molecule has 1 aromatic carbocycles. The van der Waals surface area contributed by atoms with Crippen LogP contribution in [0.2, 0.25) is 6.32 Å². The van der Waals surface area contributed by atoms with Crippen molar-refractivity contribution in [3.8, 4) is 0 Å². The summed E-state index contributed by atoms with van der Waals surface area (Å²) in [5.74, 6) is -0.129. The van der Waals surface area contributed by atoms with Gasteiger partial charge in [0.25, 0.3) is 5.97 Å². The molecule has 0 unspecified atom stereocenters. The van der Waals surface area contributed by atoms with E-state index in [0.29, 0.717) is 12.9 Å². The zero-order valence-corrected chi connectivity index (χ0v) is 11.0. The Hall–Kier alpha value is -0.935. The molecule has 92 valence electrons. The Kier molecular flexibility index (Phi) is 6.81. The summed E-state index contributed by atoms with van der Waals surface area (Å²) in [5.41, 5.74) is 2.44. The molecule has 5 heteroatoms. The van der Waals surface area contributed by atoms with E-state index < -0.39 is 0 Å². The highest BCUT2D eigenvalue weighted by Gasteiger charge is 2.04. The number of nitrogens with one attached hydrogen (secondary N) is 1. The molecule has 0 aromatic heterocycles. The lowest BCUT2D eigenvalue weighted by Crippen LogP contribution is -2.18. The van der Waals surface area contributed by atoms with Crippen LogP contribution in [0.15, 0.2) is 24.3 Å². The van der Waals surface area contributed by atoms with Gasteiger partial charge in [0.2, 0.25) is 0 Å². The molecule has 0 radical (unpaired) electrons. The summed E-state index contributed by atoms with van der Waals surface area (Å²) < 4.78 is 7.70. The van der Waals surface area contributed by atoms with Crippen molar-refractivity contribution < 1.29 is 9.53 Å². The van der Waals surface area contributed by atoms with E-state index in [1.54, 1.807) is 0 Å². The first-order valence-corrected chi connectivity index (χ1v) is 6.31. The molecule has 0 saturated carbocycles. The normalized spacial score (nSPS) is 10.0. The van der Waals surface area contributed by atoms with Crippen molar-refractivity contribution >= 4 is 31.5 Å². The minimum atomic E-state index is -0.129. The molecular formula is C12H18BNO2S. The SMILES string of the molecule is CCOC(=O)CBc1ccc(CCNS)cc1. The number of ether oxygens (including phenoxy) is 1. The van der Waals surface area contributed by atoms with Gasteiger partial charge in [-0.2, -0.15) is 0 Å². The minimum absolute atomic E-state index is 0.129. The molecule has 1 aromatic rings. The Balaban J connectivity index is 2.37. The van der Waals surface area contributed by atoms with Crippen LogP contribution in [0.5, 0.6) is 0 Å². The average molecular weight is 251 g/mol. The number of thiol groups is 1. The van der Waals surface area contributed by atoms with Gasteiger partial charge in [0.1, 0.15) is 0 Å². The quantitative estimate of drug-likeness (QED) is 0.426. The second-order valence-corrected chi connectivity index (χ2v) is 4.10. The molecule has 17 heavy (non-hydrogen) atoms. The number of benzene rings is 1. The van der Waals surface area contributed by atoms with E-state index in [1.165, 1.54) is 11.0 Å². The van der Waals surface area contributed by atoms with Crippen LogP contribution in [-0.2, 0) is 16.0 Å². The molecule has 0 bridgehead atoms. The summed E-state index contributed by atoms with van der Waals surface area (Å²) >= 11 is 3.95. The summed E-state index contributed by atoms with van der Waals surface area (Å²) in [7, 11) is 0.740. The van der Waals surface area contributed by atoms with Gasteiger partial charge in [-0.15, -0.1) is 0 Å². The van der Waals surface area contributed by atoms with Gasteiger partial charge < -0.3 is 4.74 Å². The second-order valence-electron chi connectivity index (χ2n) is 3.78. The third kappa shape index (κ3) is 5.80.